The van der Waals surface area contributed by atoms with Gasteiger partial charge in [0.15, 0.2) is 0 Å². The molecule has 0 aromatic heterocycles. The molecule has 1 heterocycles. The van der Waals surface area contributed by atoms with Crippen LogP contribution >= 0.6 is 0 Å². The van der Waals surface area contributed by atoms with E-state index in [0.29, 0.717) is 22.7 Å². The zero-order chi connectivity index (χ0) is 18.7. The number of hydrogen-bond donors (Lipinski definition) is 1. The lowest BCUT2D eigenvalue weighted by molar-refractivity contribution is -0.122. The number of imide groups is 2. The fourth-order valence-electron chi connectivity index (χ4n) is 2.54. The van der Waals surface area contributed by atoms with E-state index in [9.17, 15) is 14.4 Å². The van der Waals surface area contributed by atoms with Crippen LogP contribution in [0.1, 0.15) is 5.56 Å². The monoisotopic (exact) mass is 352 g/mol. The van der Waals surface area contributed by atoms with Gasteiger partial charge in [-0.1, -0.05) is 18.2 Å². The Morgan fingerprint density at radius 1 is 0.923 bits per heavy atom. The van der Waals surface area contributed by atoms with Gasteiger partial charge in [-0.3, -0.25) is 14.9 Å². The first-order valence-corrected chi connectivity index (χ1v) is 7.73. The number of carbonyl (C=O) groups is 3. The van der Waals surface area contributed by atoms with Crippen molar-refractivity contribution in [1.29, 1.82) is 0 Å². The van der Waals surface area contributed by atoms with Gasteiger partial charge in [-0.15, -0.1) is 0 Å². The van der Waals surface area contributed by atoms with Gasteiger partial charge >= 0.3 is 6.03 Å². The molecule has 2 aromatic rings. The van der Waals surface area contributed by atoms with Crippen molar-refractivity contribution >= 4 is 29.6 Å². The van der Waals surface area contributed by atoms with Crippen molar-refractivity contribution in [1.82, 2.24) is 5.32 Å². The minimum absolute atomic E-state index is 0.152. The van der Waals surface area contributed by atoms with E-state index in [1.807, 2.05) is 0 Å². The maximum Gasteiger partial charge on any atom is 0.335 e. The first-order chi connectivity index (χ1) is 12.5. The summed E-state index contributed by atoms with van der Waals surface area (Å²) in [6, 6.07) is 12.5. The van der Waals surface area contributed by atoms with Gasteiger partial charge in [0.25, 0.3) is 11.8 Å². The molecule has 1 aliphatic rings. The Balaban J connectivity index is 2.01. The molecule has 1 N–H and O–H groups in total. The van der Waals surface area contributed by atoms with Gasteiger partial charge in [-0.05, 0) is 35.9 Å². The molecule has 1 aliphatic heterocycles. The highest BCUT2D eigenvalue weighted by atomic mass is 16.5. The SMILES string of the molecule is COc1cccc(C=C2C(=O)NC(=O)N(c3cccc(OC)c3)C2=O)c1. The van der Waals surface area contributed by atoms with E-state index in [2.05, 4.69) is 5.32 Å². The maximum atomic E-state index is 12.8. The molecule has 132 valence electrons. The van der Waals surface area contributed by atoms with Crippen LogP contribution in [0.3, 0.4) is 0 Å². The second-order valence-electron chi connectivity index (χ2n) is 5.44. The number of barbiturate groups is 1. The Morgan fingerprint density at radius 3 is 2.27 bits per heavy atom. The van der Waals surface area contributed by atoms with Crippen molar-refractivity contribution in [2.75, 3.05) is 19.1 Å². The number of anilines is 1. The third kappa shape index (κ3) is 3.27. The summed E-state index contributed by atoms with van der Waals surface area (Å²) in [6.45, 7) is 0. The zero-order valence-corrected chi connectivity index (χ0v) is 14.2. The van der Waals surface area contributed by atoms with Gasteiger partial charge in [0.1, 0.15) is 17.1 Å². The molecular formula is C19H16N2O5. The second kappa shape index (κ2) is 7.10. The van der Waals surface area contributed by atoms with Crippen molar-refractivity contribution < 1.29 is 23.9 Å². The molecule has 26 heavy (non-hydrogen) atoms. The first-order valence-electron chi connectivity index (χ1n) is 7.73. The number of urea groups is 1. The third-order valence-electron chi connectivity index (χ3n) is 3.82. The van der Waals surface area contributed by atoms with Crippen LogP contribution in [0.15, 0.2) is 54.1 Å². The van der Waals surface area contributed by atoms with Crippen LogP contribution in [0, 0.1) is 0 Å². The van der Waals surface area contributed by atoms with Crippen LogP contribution < -0.4 is 19.7 Å². The van der Waals surface area contributed by atoms with Crippen LogP contribution in [0.5, 0.6) is 11.5 Å². The minimum atomic E-state index is -0.809. The molecule has 0 saturated carbocycles. The van der Waals surface area contributed by atoms with E-state index in [1.165, 1.54) is 26.4 Å². The average molecular weight is 352 g/mol. The van der Waals surface area contributed by atoms with E-state index >= 15 is 0 Å². The number of amides is 4. The predicted octanol–water partition coefficient (Wildman–Crippen LogP) is 2.37. The standard InChI is InChI=1S/C19H16N2O5/c1-25-14-7-3-5-12(9-14)10-16-17(22)20-19(24)21(18(16)23)13-6-4-8-15(11-13)26-2/h3-11H,1-2H3,(H,20,22,24). The van der Waals surface area contributed by atoms with E-state index < -0.39 is 17.8 Å². The number of ether oxygens (including phenoxy) is 2. The smallest absolute Gasteiger partial charge is 0.335 e. The van der Waals surface area contributed by atoms with Gasteiger partial charge in [-0.25, -0.2) is 9.69 Å². The first kappa shape index (κ1) is 17.2. The Bertz CT molecular complexity index is 920. The molecule has 4 amide bonds. The van der Waals surface area contributed by atoms with Crippen molar-refractivity contribution in [3.05, 3.63) is 59.7 Å². The summed E-state index contributed by atoms with van der Waals surface area (Å²) in [5.74, 6) is -0.390. The van der Waals surface area contributed by atoms with Crippen LogP contribution in [-0.4, -0.2) is 32.1 Å². The molecule has 0 bridgehead atoms. The summed E-state index contributed by atoms with van der Waals surface area (Å²) in [5, 5.41) is 2.18. The Kier molecular flexibility index (Phi) is 4.70. The molecule has 1 fully saturated rings. The highest BCUT2D eigenvalue weighted by molar-refractivity contribution is 6.39. The topological polar surface area (TPSA) is 84.9 Å². The molecule has 0 spiro atoms. The van der Waals surface area contributed by atoms with Gasteiger partial charge in [0, 0.05) is 6.07 Å². The summed E-state index contributed by atoms with van der Waals surface area (Å²) >= 11 is 0. The largest absolute Gasteiger partial charge is 0.497 e. The molecular weight excluding hydrogens is 336 g/mol. The van der Waals surface area contributed by atoms with Crippen molar-refractivity contribution in [3.8, 4) is 11.5 Å². The average Bonchev–Trinajstić information content (AvgIpc) is 2.65. The van der Waals surface area contributed by atoms with Gasteiger partial charge in [-0.2, -0.15) is 0 Å². The van der Waals surface area contributed by atoms with Crippen molar-refractivity contribution in [2.45, 2.75) is 0 Å². The highest BCUT2D eigenvalue weighted by Crippen LogP contribution is 2.25. The molecule has 0 radical (unpaired) electrons. The molecule has 0 aliphatic carbocycles. The number of rotatable bonds is 4. The summed E-state index contributed by atoms with van der Waals surface area (Å²) in [7, 11) is 3.00. The lowest BCUT2D eigenvalue weighted by Crippen LogP contribution is -2.54. The molecule has 0 atom stereocenters. The summed E-state index contributed by atoms with van der Waals surface area (Å²) in [6.07, 6.45) is 1.42. The number of methoxy groups -OCH3 is 2. The Labute approximate surface area is 149 Å². The van der Waals surface area contributed by atoms with Gasteiger partial charge in [0.2, 0.25) is 0 Å². The van der Waals surface area contributed by atoms with Crippen molar-refractivity contribution in [3.63, 3.8) is 0 Å². The Morgan fingerprint density at radius 2 is 1.58 bits per heavy atom. The highest BCUT2D eigenvalue weighted by Gasteiger charge is 2.36. The van der Waals surface area contributed by atoms with E-state index in [1.54, 1.807) is 42.5 Å². The number of benzene rings is 2. The zero-order valence-electron chi connectivity index (χ0n) is 14.2. The third-order valence-corrected chi connectivity index (χ3v) is 3.82. The number of carbonyl (C=O) groups excluding carboxylic acids is 3. The fraction of sp³-hybridized carbons (Fsp3) is 0.105. The van der Waals surface area contributed by atoms with E-state index in [0.717, 1.165) is 4.90 Å². The van der Waals surface area contributed by atoms with E-state index in [4.69, 9.17) is 9.47 Å². The molecule has 1 saturated heterocycles. The van der Waals surface area contributed by atoms with Crippen LogP contribution in [0.4, 0.5) is 10.5 Å². The summed E-state index contributed by atoms with van der Waals surface area (Å²) < 4.78 is 10.3. The fourth-order valence-corrected chi connectivity index (χ4v) is 2.54. The summed E-state index contributed by atoms with van der Waals surface area (Å²) in [4.78, 5) is 38.1. The minimum Gasteiger partial charge on any atom is -0.497 e. The van der Waals surface area contributed by atoms with Gasteiger partial charge < -0.3 is 9.47 Å². The summed E-state index contributed by atoms with van der Waals surface area (Å²) in [5.41, 5.74) is 0.749. The van der Waals surface area contributed by atoms with Crippen LogP contribution in [-0.2, 0) is 9.59 Å². The normalized spacial score (nSPS) is 15.8. The maximum absolute atomic E-state index is 12.8. The lowest BCUT2D eigenvalue weighted by Gasteiger charge is -2.26. The molecule has 3 rings (SSSR count). The van der Waals surface area contributed by atoms with Gasteiger partial charge in [0.05, 0.1) is 19.9 Å². The van der Waals surface area contributed by atoms with Crippen LogP contribution in [0.2, 0.25) is 0 Å². The Hall–Kier alpha value is -3.61. The number of nitrogens with one attached hydrogen (secondary N) is 1. The number of hydrogen-bond acceptors (Lipinski definition) is 5. The van der Waals surface area contributed by atoms with E-state index in [-0.39, 0.29) is 5.57 Å². The molecule has 0 unspecified atom stereocenters. The predicted molar refractivity (Wildman–Crippen MR) is 95.0 cm³/mol. The second-order valence-corrected chi connectivity index (χ2v) is 5.44. The molecule has 7 heteroatoms. The quantitative estimate of drug-likeness (QED) is 0.674. The molecule has 7 nitrogen and oxygen atoms in total. The molecule has 2 aromatic carbocycles. The van der Waals surface area contributed by atoms with Crippen molar-refractivity contribution in [2.24, 2.45) is 0 Å². The lowest BCUT2D eigenvalue weighted by atomic mass is 10.1. The number of nitrogens with zero attached hydrogens (tertiary/aromatic N) is 1. The van der Waals surface area contributed by atoms with Crippen LogP contribution in [0.25, 0.3) is 6.08 Å².